The summed E-state index contributed by atoms with van der Waals surface area (Å²) in [6, 6.07) is 6.77. The fourth-order valence-electron chi connectivity index (χ4n) is 1.15. The van der Waals surface area contributed by atoms with Gasteiger partial charge in [-0.25, -0.2) is 0 Å². The maximum absolute atomic E-state index is 9.31. The third kappa shape index (κ3) is 2.55. The van der Waals surface area contributed by atoms with Gasteiger partial charge in [0.25, 0.3) is 0 Å². The number of benzene rings is 1. The molecule has 0 spiro atoms. The van der Waals surface area contributed by atoms with Gasteiger partial charge in [0.15, 0.2) is 0 Å². The molecule has 0 saturated carbocycles. The van der Waals surface area contributed by atoms with Crippen LogP contribution in [-0.4, -0.2) is 11.2 Å². The van der Waals surface area contributed by atoms with Gasteiger partial charge in [-0.3, -0.25) is 0 Å². The fourth-order valence-corrected chi connectivity index (χ4v) is 1.66. The fraction of sp³-hybridized carbons (Fsp3) is 0.300. The molecule has 0 fully saturated rings. The van der Waals surface area contributed by atoms with E-state index in [0.29, 0.717) is 5.56 Å². The Hall–Kier alpha value is -0.890. The molecule has 74 valence electrons. The Balaban J connectivity index is 3.10. The summed E-state index contributed by atoms with van der Waals surface area (Å²) in [5.74, 6) is 0. The molecule has 1 rings (SSSR count). The molecule has 0 aromatic heterocycles. The summed E-state index contributed by atoms with van der Waals surface area (Å²) >= 11 is 3.28. The van der Waals surface area contributed by atoms with Crippen LogP contribution in [0.15, 0.2) is 22.7 Å². The lowest BCUT2D eigenvalue weighted by atomic mass is 10.0. The minimum absolute atomic E-state index is 0.459. The summed E-state index contributed by atoms with van der Waals surface area (Å²) in [6.07, 6.45) is -0.629. The van der Waals surface area contributed by atoms with Crippen LogP contribution in [0.2, 0.25) is 0 Å². The smallest absolute Gasteiger partial charge is 0.0992 e. The minimum atomic E-state index is -0.629. The first-order valence-electron chi connectivity index (χ1n) is 4.19. The van der Waals surface area contributed by atoms with Gasteiger partial charge < -0.3 is 10.8 Å². The van der Waals surface area contributed by atoms with E-state index in [1.54, 1.807) is 25.1 Å². The van der Waals surface area contributed by atoms with Crippen LogP contribution in [0.3, 0.4) is 0 Å². The highest BCUT2D eigenvalue weighted by Gasteiger charge is 2.13. The van der Waals surface area contributed by atoms with Crippen molar-refractivity contribution in [1.82, 2.24) is 0 Å². The number of nitriles is 1. The lowest BCUT2D eigenvalue weighted by Crippen LogP contribution is -2.23. The van der Waals surface area contributed by atoms with Gasteiger partial charge in [0.1, 0.15) is 0 Å². The number of hydrogen-bond acceptors (Lipinski definition) is 3. The number of nitrogens with zero attached hydrogens (tertiary/aromatic N) is 1. The predicted octanol–water partition coefficient (Wildman–Crippen LogP) is 1.70. The molecule has 0 aliphatic heterocycles. The van der Waals surface area contributed by atoms with E-state index in [4.69, 9.17) is 11.0 Å². The molecule has 14 heavy (non-hydrogen) atoms. The van der Waals surface area contributed by atoms with E-state index in [1.807, 2.05) is 6.07 Å². The highest BCUT2D eigenvalue weighted by molar-refractivity contribution is 9.10. The van der Waals surface area contributed by atoms with Crippen molar-refractivity contribution in [2.45, 2.75) is 19.1 Å². The van der Waals surface area contributed by atoms with Crippen molar-refractivity contribution in [3.05, 3.63) is 33.8 Å². The summed E-state index contributed by atoms with van der Waals surface area (Å²) < 4.78 is 0.794. The SMILES string of the molecule is C[C@H](O)[C@@H](N)c1cc(Br)cc(C#N)c1. The average molecular weight is 255 g/mol. The second kappa shape index (κ2) is 4.56. The molecule has 0 amide bonds. The van der Waals surface area contributed by atoms with Crippen molar-refractivity contribution in [1.29, 1.82) is 5.26 Å². The molecule has 4 heteroatoms. The highest BCUT2D eigenvalue weighted by Crippen LogP contribution is 2.21. The van der Waals surface area contributed by atoms with Crippen LogP contribution in [0.25, 0.3) is 0 Å². The van der Waals surface area contributed by atoms with Crippen LogP contribution >= 0.6 is 15.9 Å². The normalized spacial score (nSPS) is 14.5. The van der Waals surface area contributed by atoms with Gasteiger partial charge in [0.2, 0.25) is 0 Å². The standard InChI is InChI=1S/C10H11BrN2O/c1-6(14)10(13)8-2-7(5-12)3-9(11)4-8/h2-4,6,10,14H,13H2,1H3/t6-,10+/m0/s1. The third-order valence-corrected chi connectivity index (χ3v) is 2.41. The van der Waals surface area contributed by atoms with E-state index >= 15 is 0 Å². The van der Waals surface area contributed by atoms with Gasteiger partial charge in [0.05, 0.1) is 23.8 Å². The maximum Gasteiger partial charge on any atom is 0.0992 e. The molecule has 0 aliphatic carbocycles. The van der Waals surface area contributed by atoms with Crippen LogP contribution in [0.1, 0.15) is 24.1 Å². The van der Waals surface area contributed by atoms with Crippen molar-refractivity contribution in [3.63, 3.8) is 0 Å². The van der Waals surface area contributed by atoms with Crippen LogP contribution in [0.5, 0.6) is 0 Å². The van der Waals surface area contributed by atoms with Gasteiger partial charge in [-0.05, 0) is 30.7 Å². The van der Waals surface area contributed by atoms with Gasteiger partial charge in [-0.2, -0.15) is 5.26 Å². The molecule has 0 aliphatic rings. The van der Waals surface area contributed by atoms with E-state index in [-0.39, 0.29) is 0 Å². The van der Waals surface area contributed by atoms with Crippen molar-refractivity contribution in [3.8, 4) is 6.07 Å². The zero-order valence-corrected chi connectivity index (χ0v) is 9.32. The summed E-state index contributed by atoms with van der Waals surface area (Å²) in [5.41, 5.74) is 7.04. The van der Waals surface area contributed by atoms with E-state index in [1.165, 1.54) is 0 Å². The first-order chi connectivity index (χ1) is 6.54. The highest BCUT2D eigenvalue weighted by atomic mass is 79.9. The molecular formula is C10H11BrN2O. The molecule has 2 atom stereocenters. The zero-order chi connectivity index (χ0) is 10.7. The first kappa shape index (κ1) is 11.2. The number of aliphatic hydroxyl groups is 1. The van der Waals surface area contributed by atoms with Crippen molar-refractivity contribution < 1.29 is 5.11 Å². The van der Waals surface area contributed by atoms with Gasteiger partial charge in [0, 0.05) is 4.47 Å². The average Bonchev–Trinajstić information content (AvgIpc) is 2.15. The van der Waals surface area contributed by atoms with Gasteiger partial charge >= 0.3 is 0 Å². The van der Waals surface area contributed by atoms with Gasteiger partial charge in [-0.1, -0.05) is 15.9 Å². The first-order valence-corrected chi connectivity index (χ1v) is 4.98. The quantitative estimate of drug-likeness (QED) is 0.844. The number of rotatable bonds is 2. The lowest BCUT2D eigenvalue weighted by molar-refractivity contribution is 0.164. The van der Waals surface area contributed by atoms with Crippen LogP contribution in [0, 0.1) is 11.3 Å². The maximum atomic E-state index is 9.31. The topological polar surface area (TPSA) is 70.0 Å². The Labute approximate surface area is 91.3 Å². The second-order valence-electron chi connectivity index (χ2n) is 3.15. The zero-order valence-electron chi connectivity index (χ0n) is 7.74. The van der Waals surface area contributed by atoms with Crippen molar-refractivity contribution in [2.24, 2.45) is 5.73 Å². The predicted molar refractivity (Wildman–Crippen MR) is 57.5 cm³/mol. The minimum Gasteiger partial charge on any atom is -0.391 e. The molecule has 0 bridgehead atoms. The Morgan fingerprint density at radius 2 is 2.14 bits per heavy atom. The molecule has 0 radical (unpaired) electrons. The second-order valence-corrected chi connectivity index (χ2v) is 4.07. The lowest BCUT2D eigenvalue weighted by Gasteiger charge is -2.15. The monoisotopic (exact) mass is 254 g/mol. The molecule has 3 N–H and O–H groups in total. The molecule has 1 aromatic rings. The van der Waals surface area contributed by atoms with Crippen molar-refractivity contribution in [2.75, 3.05) is 0 Å². The Bertz CT molecular complexity index is 371. The van der Waals surface area contributed by atoms with Crippen molar-refractivity contribution >= 4 is 15.9 Å². The number of hydrogen-bond donors (Lipinski definition) is 2. The molecule has 3 nitrogen and oxygen atoms in total. The molecule has 0 unspecified atom stereocenters. The van der Waals surface area contributed by atoms with E-state index < -0.39 is 12.1 Å². The van der Waals surface area contributed by atoms with Gasteiger partial charge in [-0.15, -0.1) is 0 Å². The summed E-state index contributed by atoms with van der Waals surface area (Å²) in [6.45, 7) is 1.62. The molecule has 1 aromatic carbocycles. The van der Waals surface area contributed by atoms with Crippen LogP contribution in [0.4, 0.5) is 0 Å². The third-order valence-electron chi connectivity index (χ3n) is 1.95. The Morgan fingerprint density at radius 3 is 2.64 bits per heavy atom. The molecule has 0 heterocycles. The number of aliphatic hydroxyl groups excluding tert-OH is 1. The Morgan fingerprint density at radius 1 is 1.50 bits per heavy atom. The summed E-state index contributed by atoms with van der Waals surface area (Å²) in [5, 5.41) is 18.0. The molecule has 0 saturated heterocycles. The van der Waals surface area contributed by atoms with Crippen LogP contribution < -0.4 is 5.73 Å². The largest absolute Gasteiger partial charge is 0.391 e. The summed E-state index contributed by atoms with van der Waals surface area (Å²) in [4.78, 5) is 0. The molecular weight excluding hydrogens is 244 g/mol. The summed E-state index contributed by atoms with van der Waals surface area (Å²) in [7, 11) is 0. The number of halogens is 1. The Kier molecular flexibility index (Phi) is 3.64. The van der Waals surface area contributed by atoms with E-state index in [2.05, 4.69) is 15.9 Å². The van der Waals surface area contributed by atoms with Crippen LogP contribution in [-0.2, 0) is 0 Å². The number of nitrogens with two attached hydrogens (primary N) is 1. The van der Waals surface area contributed by atoms with E-state index in [0.717, 1.165) is 10.0 Å². The van der Waals surface area contributed by atoms with E-state index in [9.17, 15) is 5.11 Å².